The van der Waals surface area contributed by atoms with Crippen LogP contribution < -0.4 is 4.74 Å². The van der Waals surface area contributed by atoms with Crippen LogP contribution in [0.2, 0.25) is 0 Å². The SMILES string of the molecule is COC(=O)CC#Cc1ccc(OC)cc1. The van der Waals surface area contributed by atoms with Gasteiger partial charge in [0, 0.05) is 5.56 Å². The molecule has 0 N–H and O–H groups in total. The molecule has 0 aliphatic rings. The predicted octanol–water partition coefficient (Wildman–Crippen LogP) is 1.61. The molecule has 0 amide bonds. The largest absolute Gasteiger partial charge is 0.497 e. The van der Waals surface area contributed by atoms with Crippen LogP contribution in [-0.4, -0.2) is 20.2 Å². The van der Waals surface area contributed by atoms with Crippen molar-refractivity contribution in [3.63, 3.8) is 0 Å². The molecule has 0 saturated heterocycles. The maximum atomic E-state index is 10.8. The van der Waals surface area contributed by atoms with Crippen molar-refractivity contribution in [1.82, 2.24) is 0 Å². The van der Waals surface area contributed by atoms with Crippen molar-refractivity contribution < 1.29 is 14.3 Å². The molecule has 0 aliphatic carbocycles. The van der Waals surface area contributed by atoms with Gasteiger partial charge in [0.1, 0.15) is 12.2 Å². The van der Waals surface area contributed by atoms with Crippen LogP contribution in [0.5, 0.6) is 5.75 Å². The van der Waals surface area contributed by atoms with Crippen molar-refractivity contribution in [2.24, 2.45) is 0 Å². The molecule has 78 valence electrons. The van der Waals surface area contributed by atoms with Crippen LogP contribution in [0.1, 0.15) is 12.0 Å². The van der Waals surface area contributed by atoms with E-state index in [1.165, 1.54) is 7.11 Å². The number of hydrogen-bond acceptors (Lipinski definition) is 3. The molecule has 0 spiro atoms. The number of ether oxygens (including phenoxy) is 2. The molecule has 3 heteroatoms. The number of methoxy groups -OCH3 is 2. The van der Waals surface area contributed by atoms with Crippen molar-refractivity contribution in [2.45, 2.75) is 6.42 Å². The number of esters is 1. The Kier molecular flexibility index (Phi) is 4.24. The predicted molar refractivity (Wildman–Crippen MR) is 56.5 cm³/mol. The molecule has 0 atom stereocenters. The van der Waals surface area contributed by atoms with E-state index >= 15 is 0 Å². The van der Waals surface area contributed by atoms with E-state index in [1.54, 1.807) is 7.11 Å². The number of rotatable bonds is 2. The molecule has 0 heterocycles. The van der Waals surface area contributed by atoms with Crippen LogP contribution in [0, 0.1) is 11.8 Å². The molecular formula is C12H12O3. The number of carbonyl (C=O) groups is 1. The van der Waals surface area contributed by atoms with Gasteiger partial charge in [0.05, 0.1) is 14.2 Å². The minimum absolute atomic E-state index is 0.114. The quantitative estimate of drug-likeness (QED) is 0.542. The molecule has 0 saturated carbocycles. The molecule has 0 aromatic heterocycles. The number of hydrogen-bond donors (Lipinski definition) is 0. The first-order chi connectivity index (χ1) is 7.26. The van der Waals surface area contributed by atoms with E-state index in [0.29, 0.717) is 0 Å². The monoisotopic (exact) mass is 204 g/mol. The van der Waals surface area contributed by atoms with E-state index in [2.05, 4.69) is 16.6 Å². The van der Waals surface area contributed by atoms with Crippen LogP contribution in [-0.2, 0) is 9.53 Å². The maximum absolute atomic E-state index is 10.8. The van der Waals surface area contributed by atoms with Crippen molar-refractivity contribution in [3.8, 4) is 17.6 Å². The zero-order chi connectivity index (χ0) is 11.1. The zero-order valence-electron chi connectivity index (χ0n) is 8.74. The van der Waals surface area contributed by atoms with Gasteiger partial charge in [-0.2, -0.15) is 0 Å². The van der Waals surface area contributed by atoms with Gasteiger partial charge >= 0.3 is 5.97 Å². The fourth-order valence-corrected chi connectivity index (χ4v) is 0.965. The average molecular weight is 204 g/mol. The van der Waals surface area contributed by atoms with Crippen LogP contribution in [0.4, 0.5) is 0 Å². The third-order valence-corrected chi connectivity index (χ3v) is 1.78. The molecule has 0 fully saturated rings. The Morgan fingerprint density at radius 2 is 1.93 bits per heavy atom. The first kappa shape index (κ1) is 11.1. The highest BCUT2D eigenvalue weighted by molar-refractivity contribution is 5.72. The molecule has 0 unspecified atom stereocenters. The van der Waals surface area contributed by atoms with Gasteiger partial charge in [-0.25, -0.2) is 0 Å². The van der Waals surface area contributed by atoms with E-state index in [1.807, 2.05) is 24.3 Å². The fourth-order valence-electron chi connectivity index (χ4n) is 0.965. The third kappa shape index (κ3) is 3.74. The van der Waals surface area contributed by atoms with Gasteiger partial charge in [-0.05, 0) is 24.3 Å². The smallest absolute Gasteiger partial charge is 0.317 e. The third-order valence-electron chi connectivity index (χ3n) is 1.78. The van der Waals surface area contributed by atoms with E-state index in [0.717, 1.165) is 11.3 Å². The standard InChI is InChI=1S/C12H12O3/c1-14-11-8-6-10(7-9-11)4-3-5-12(13)15-2/h6-9H,5H2,1-2H3. The Balaban J connectivity index is 2.60. The molecule has 3 nitrogen and oxygen atoms in total. The normalized spacial score (nSPS) is 8.67. The van der Waals surface area contributed by atoms with Gasteiger partial charge in [-0.3, -0.25) is 4.79 Å². The summed E-state index contributed by atoms with van der Waals surface area (Å²) >= 11 is 0. The molecular weight excluding hydrogens is 192 g/mol. The molecule has 1 rings (SSSR count). The fraction of sp³-hybridized carbons (Fsp3) is 0.250. The summed E-state index contributed by atoms with van der Waals surface area (Å²) < 4.78 is 9.47. The summed E-state index contributed by atoms with van der Waals surface area (Å²) in [6.07, 6.45) is 0.114. The Morgan fingerprint density at radius 1 is 1.27 bits per heavy atom. The number of benzene rings is 1. The minimum Gasteiger partial charge on any atom is -0.497 e. The highest BCUT2D eigenvalue weighted by Gasteiger charge is 1.94. The van der Waals surface area contributed by atoms with Crippen molar-refractivity contribution in [1.29, 1.82) is 0 Å². The first-order valence-corrected chi connectivity index (χ1v) is 4.46. The summed E-state index contributed by atoms with van der Waals surface area (Å²) in [5.74, 6) is 6.04. The van der Waals surface area contributed by atoms with Crippen LogP contribution in [0.25, 0.3) is 0 Å². The zero-order valence-corrected chi connectivity index (χ0v) is 8.74. The van der Waals surface area contributed by atoms with Crippen molar-refractivity contribution >= 4 is 5.97 Å². The van der Waals surface area contributed by atoms with E-state index in [4.69, 9.17) is 4.74 Å². The summed E-state index contributed by atoms with van der Waals surface area (Å²) in [7, 11) is 2.95. The van der Waals surface area contributed by atoms with Gasteiger partial charge in [0.25, 0.3) is 0 Å². The van der Waals surface area contributed by atoms with Crippen LogP contribution in [0.15, 0.2) is 24.3 Å². The van der Waals surface area contributed by atoms with Gasteiger partial charge < -0.3 is 9.47 Å². The minimum atomic E-state index is -0.323. The average Bonchev–Trinajstić information content (AvgIpc) is 2.29. The Labute approximate surface area is 89.0 Å². The second-order valence-electron chi connectivity index (χ2n) is 2.78. The van der Waals surface area contributed by atoms with Crippen LogP contribution in [0.3, 0.4) is 0 Å². The van der Waals surface area contributed by atoms with Gasteiger partial charge in [0.15, 0.2) is 0 Å². The summed E-state index contributed by atoms with van der Waals surface area (Å²) in [5, 5.41) is 0. The lowest BCUT2D eigenvalue weighted by Gasteiger charge is -1.97. The van der Waals surface area contributed by atoms with Gasteiger partial charge in [0.2, 0.25) is 0 Å². The highest BCUT2D eigenvalue weighted by atomic mass is 16.5. The number of carbonyl (C=O) groups excluding carboxylic acids is 1. The van der Waals surface area contributed by atoms with Crippen molar-refractivity contribution in [2.75, 3.05) is 14.2 Å². The Morgan fingerprint density at radius 3 is 2.47 bits per heavy atom. The molecule has 1 aromatic rings. The van der Waals surface area contributed by atoms with E-state index in [9.17, 15) is 4.79 Å². The summed E-state index contributed by atoms with van der Waals surface area (Å²) in [6.45, 7) is 0. The summed E-state index contributed by atoms with van der Waals surface area (Å²) in [5.41, 5.74) is 0.847. The molecule has 0 radical (unpaired) electrons. The lowest BCUT2D eigenvalue weighted by atomic mass is 10.2. The summed E-state index contributed by atoms with van der Waals surface area (Å²) in [4.78, 5) is 10.8. The van der Waals surface area contributed by atoms with Crippen molar-refractivity contribution in [3.05, 3.63) is 29.8 Å². The second kappa shape index (κ2) is 5.71. The second-order valence-corrected chi connectivity index (χ2v) is 2.78. The molecule has 1 aromatic carbocycles. The lowest BCUT2D eigenvalue weighted by molar-refractivity contribution is -0.139. The van der Waals surface area contributed by atoms with E-state index < -0.39 is 0 Å². The molecule has 15 heavy (non-hydrogen) atoms. The Bertz CT molecular complexity index is 382. The summed E-state index contributed by atoms with van der Waals surface area (Å²) in [6, 6.07) is 7.32. The lowest BCUT2D eigenvalue weighted by Crippen LogP contribution is -1.96. The maximum Gasteiger partial charge on any atom is 0.317 e. The molecule has 0 bridgehead atoms. The van der Waals surface area contributed by atoms with Gasteiger partial charge in [-0.1, -0.05) is 11.8 Å². The first-order valence-electron chi connectivity index (χ1n) is 4.46. The highest BCUT2D eigenvalue weighted by Crippen LogP contribution is 2.10. The van der Waals surface area contributed by atoms with E-state index in [-0.39, 0.29) is 12.4 Å². The molecule has 0 aliphatic heterocycles. The van der Waals surface area contributed by atoms with Gasteiger partial charge in [-0.15, -0.1) is 0 Å². The Hall–Kier alpha value is -1.95. The van der Waals surface area contributed by atoms with Crippen LogP contribution >= 0.6 is 0 Å². The topological polar surface area (TPSA) is 35.5 Å².